The van der Waals surface area contributed by atoms with Gasteiger partial charge in [-0.05, 0) is 38.8 Å². The molecule has 0 aromatic heterocycles. The standard InChI is InChI=1S/C26H34N2O5/c1-18-21(24(29)31-5)22(27-17-33-26(2,3)4)23(20-14-10-7-11-15-20)28(18)25(30)32-16-19-12-8-6-9-13-19/h6-15,18,21-23,27H,16-17H2,1-5H3/t18-,21+,22+,23-/m0/s1. The van der Waals surface area contributed by atoms with E-state index in [-0.39, 0.29) is 24.9 Å². The summed E-state index contributed by atoms with van der Waals surface area (Å²) in [6.07, 6.45) is -0.477. The van der Waals surface area contributed by atoms with Crippen LogP contribution in [0.2, 0.25) is 0 Å². The molecule has 7 heteroatoms. The Balaban J connectivity index is 1.91. The Morgan fingerprint density at radius 1 is 1.00 bits per heavy atom. The Bertz CT molecular complexity index is 913. The number of hydrogen-bond donors (Lipinski definition) is 1. The summed E-state index contributed by atoms with van der Waals surface area (Å²) in [6, 6.07) is 17.9. The first-order valence-electron chi connectivity index (χ1n) is 11.2. The Hall–Kier alpha value is -2.90. The van der Waals surface area contributed by atoms with Crippen LogP contribution < -0.4 is 5.32 Å². The third-order valence-electron chi connectivity index (χ3n) is 5.84. The van der Waals surface area contributed by atoms with Gasteiger partial charge in [-0.3, -0.25) is 15.0 Å². The van der Waals surface area contributed by atoms with Gasteiger partial charge >= 0.3 is 12.1 Å². The monoisotopic (exact) mass is 454 g/mol. The second kappa shape index (κ2) is 10.8. The van der Waals surface area contributed by atoms with Crippen molar-refractivity contribution in [2.75, 3.05) is 13.8 Å². The summed E-state index contributed by atoms with van der Waals surface area (Å²) in [4.78, 5) is 27.8. The van der Waals surface area contributed by atoms with E-state index >= 15 is 0 Å². The third kappa shape index (κ3) is 6.12. The summed E-state index contributed by atoms with van der Waals surface area (Å²) < 4.78 is 16.7. The summed E-state index contributed by atoms with van der Waals surface area (Å²) >= 11 is 0. The second-order valence-electron chi connectivity index (χ2n) is 9.22. The maximum absolute atomic E-state index is 13.3. The molecule has 2 aromatic rings. The van der Waals surface area contributed by atoms with Gasteiger partial charge in [-0.25, -0.2) is 4.79 Å². The largest absolute Gasteiger partial charge is 0.469 e. The van der Waals surface area contributed by atoms with E-state index < -0.39 is 30.1 Å². The van der Waals surface area contributed by atoms with Crippen LogP contribution in [-0.4, -0.2) is 48.5 Å². The molecule has 0 unspecified atom stereocenters. The third-order valence-corrected chi connectivity index (χ3v) is 5.84. The molecule has 0 aliphatic carbocycles. The molecule has 1 amide bonds. The highest BCUT2D eigenvalue weighted by Gasteiger charge is 2.53. The van der Waals surface area contributed by atoms with Gasteiger partial charge in [-0.2, -0.15) is 0 Å². The zero-order chi connectivity index (χ0) is 24.0. The summed E-state index contributed by atoms with van der Waals surface area (Å²) in [6.45, 7) is 8.12. The smallest absolute Gasteiger partial charge is 0.410 e. The molecule has 0 spiro atoms. The lowest BCUT2D eigenvalue weighted by Crippen LogP contribution is -2.44. The molecule has 1 saturated heterocycles. The van der Waals surface area contributed by atoms with Gasteiger partial charge in [0.15, 0.2) is 0 Å². The van der Waals surface area contributed by atoms with Crippen molar-refractivity contribution in [1.29, 1.82) is 0 Å². The lowest BCUT2D eigenvalue weighted by Gasteiger charge is -2.31. The van der Waals surface area contributed by atoms with E-state index in [1.54, 1.807) is 4.90 Å². The Kier molecular flexibility index (Phi) is 8.10. The predicted molar refractivity (Wildman–Crippen MR) is 125 cm³/mol. The minimum Gasteiger partial charge on any atom is -0.469 e. The average Bonchev–Trinajstić information content (AvgIpc) is 3.09. The lowest BCUT2D eigenvalue weighted by molar-refractivity contribution is -0.146. The number of amides is 1. The molecule has 1 N–H and O–H groups in total. The van der Waals surface area contributed by atoms with Crippen molar-refractivity contribution in [3.8, 4) is 0 Å². The minimum atomic E-state index is -0.590. The molecule has 178 valence electrons. The van der Waals surface area contributed by atoms with Crippen LogP contribution in [0.1, 0.15) is 44.9 Å². The summed E-state index contributed by atoms with van der Waals surface area (Å²) in [5, 5.41) is 3.37. The summed E-state index contributed by atoms with van der Waals surface area (Å²) in [7, 11) is 1.37. The number of esters is 1. The molecule has 1 fully saturated rings. The Morgan fingerprint density at radius 2 is 1.61 bits per heavy atom. The highest BCUT2D eigenvalue weighted by Crippen LogP contribution is 2.41. The van der Waals surface area contributed by atoms with Crippen LogP contribution in [0, 0.1) is 5.92 Å². The second-order valence-corrected chi connectivity index (χ2v) is 9.22. The van der Waals surface area contributed by atoms with Crippen molar-refractivity contribution in [1.82, 2.24) is 10.2 Å². The van der Waals surface area contributed by atoms with Crippen LogP contribution in [0.15, 0.2) is 60.7 Å². The number of ether oxygens (including phenoxy) is 3. The van der Waals surface area contributed by atoms with E-state index in [4.69, 9.17) is 14.2 Å². The van der Waals surface area contributed by atoms with E-state index in [1.165, 1.54) is 7.11 Å². The lowest BCUT2D eigenvalue weighted by atomic mass is 9.91. The van der Waals surface area contributed by atoms with Crippen molar-refractivity contribution < 1.29 is 23.8 Å². The van der Waals surface area contributed by atoms with Crippen molar-refractivity contribution in [2.24, 2.45) is 5.92 Å². The highest BCUT2D eigenvalue weighted by molar-refractivity contribution is 5.78. The molecule has 33 heavy (non-hydrogen) atoms. The van der Waals surface area contributed by atoms with Crippen molar-refractivity contribution in [2.45, 2.75) is 58.0 Å². The van der Waals surface area contributed by atoms with Crippen LogP contribution in [0.5, 0.6) is 0 Å². The van der Waals surface area contributed by atoms with Gasteiger partial charge in [0.05, 0.1) is 31.4 Å². The van der Waals surface area contributed by atoms with Gasteiger partial charge in [-0.1, -0.05) is 60.7 Å². The molecule has 0 radical (unpaired) electrons. The Labute approximate surface area is 196 Å². The van der Waals surface area contributed by atoms with Gasteiger partial charge in [0, 0.05) is 12.1 Å². The van der Waals surface area contributed by atoms with Crippen molar-refractivity contribution in [3.63, 3.8) is 0 Å². The first kappa shape index (κ1) is 24.7. The predicted octanol–water partition coefficient (Wildman–Crippen LogP) is 4.29. The maximum Gasteiger partial charge on any atom is 0.410 e. The fraction of sp³-hybridized carbons (Fsp3) is 0.462. The SMILES string of the molecule is COC(=O)[C@H]1[C@@H](NCOC(C)(C)C)[C@H](c2ccccc2)N(C(=O)OCc2ccccc2)[C@H]1C. The van der Waals surface area contributed by atoms with Crippen molar-refractivity contribution in [3.05, 3.63) is 71.8 Å². The normalized spacial score (nSPS) is 22.8. The number of hydrogen-bond acceptors (Lipinski definition) is 6. The van der Waals surface area contributed by atoms with E-state index in [9.17, 15) is 9.59 Å². The molecule has 1 aliphatic rings. The number of carbonyl (C=O) groups excluding carboxylic acids is 2. The summed E-state index contributed by atoms with van der Waals surface area (Å²) in [5.74, 6) is -0.969. The van der Waals surface area contributed by atoms with Crippen LogP contribution in [0.3, 0.4) is 0 Å². The zero-order valence-corrected chi connectivity index (χ0v) is 20.0. The molecule has 1 aliphatic heterocycles. The van der Waals surface area contributed by atoms with E-state index in [0.717, 1.165) is 11.1 Å². The van der Waals surface area contributed by atoms with Gasteiger partial charge in [-0.15, -0.1) is 0 Å². The fourth-order valence-corrected chi connectivity index (χ4v) is 4.26. The molecule has 0 saturated carbocycles. The fourth-order valence-electron chi connectivity index (χ4n) is 4.26. The quantitative estimate of drug-likeness (QED) is 0.497. The van der Waals surface area contributed by atoms with Crippen LogP contribution in [-0.2, 0) is 25.6 Å². The first-order valence-corrected chi connectivity index (χ1v) is 11.2. The van der Waals surface area contributed by atoms with Crippen LogP contribution in [0.25, 0.3) is 0 Å². The molecule has 4 atom stereocenters. The van der Waals surface area contributed by atoms with E-state index in [2.05, 4.69) is 5.32 Å². The number of likely N-dealkylation sites (tertiary alicyclic amines) is 1. The number of rotatable bonds is 7. The molecule has 1 heterocycles. The van der Waals surface area contributed by atoms with Gasteiger partial charge in [0.1, 0.15) is 6.61 Å². The zero-order valence-electron chi connectivity index (χ0n) is 20.0. The molecule has 3 rings (SSSR count). The molecule has 2 aromatic carbocycles. The van der Waals surface area contributed by atoms with Crippen LogP contribution in [0.4, 0.5) is 4.79 Å². The Morgan fingerprint density at radius 3 is 2.18 bits per heavy atom. The number of benzene rings is 2. The molecule has 0 bridgehead atoms. The highest BCUT2D eigenvalue weighted by atomic mass is 16.6. The number of methoxy groups -OCH3 is 1. The van der Waals surface area contributed by atoms with E-state index in [0.29, 0.717) is 0 Å². The molecular weight excluding hydrogens is 420 g/mol. The average molecular weight is 455 g/mol. The topological polar surface area (TPSA) is 77.1 Å². The molecular formula is C26H34N2O5. The van der Waals surface area contributed by atoms with Gasteiger partial charge < -0.3 is 14.2 Å². The number of carbonyl (C=O) groups is 2. The van der Waals surface area contributed by atoms with Gasteiger partial charge in [0.2, 0.25) is 0 Å². The minimum absolute atomic E-state index is 0.151. The summed E-state index contributed by atoms with van der Waals surface area (Å²) in [5.41, 5.74) is 1.45. The van der Waals surface area contributed by atoms with E-state index in [1.807, 2.05) is 88.4 Å². The van der Waals surface area contributed by atoms with Crippen LogP contribution >= 0.6 is 0 Å². The van der Waals surface area contributed by atoms with Crippen molar-refractivity contribution >= 4 is 12.1 Å². The maximum atomic E-state index is 13.3. The molecule has 7 nitrogen and oxygen atoms in total. The number of nitrogens with one attached hydrogen (secondary N) is 1. The first-order chi connectivity index (χ1) is 15.7. The number of nitrogens with zero attached hydrogens (tertiary/aromatic N) is 1. The van der Waals surface area contributed by atoms with Gasteiger partial charge in [0.25, 0.3) is 0 Å².